The van der Waals surface area contributed by atoms with E-state index in [-0.39, 0.29) is 12.5 Å². The Labute approximate surface area is 182 Å². The van der Waals surface area contributed by atoms with Gasteiger partial charge in [-0.1, -0.05) is 29.3 Å². The number of allylic oxidation sites excluding steroid dienone is 1. The van der Waals surface area contributed by atoms with E-state index in [9.17, 15) is 9.90 Å². The number of pyridine rings is 1. The van der Waals surface area contributed by atoms with Gasteiger partial charge >= 0.3 is 0 Å². The minimum Gasteiger partial charge on any atom is -0.392 e. The molecular formula is C21H17Cl2N3O2S. The van der Waals surface area contributed by atoms with Gasteiger partial charge in [-0.2, -0.15) is 0 Å². The Kier molecular flexibility index (Phi) is 7.69. The number of imidazole rings is 1. The van der Waals surface area contributed by atoms with Gasteiger partial charge in [0.25, 0.3) is 0 Å². The number of rotatable bonds is 8. The Balaban J connectivity index is 1.87. The van der Waals surface area contributed by atoms with Gasteiger partial charge in [0.15, 0.2) is 0 Å². The Hall–Kier alpha value is -2.34. The van der Waals surface area contributed by atoms with Crippen molar-refractivity contribution >= 4 is 40.9 Å². The van der Waals surface area contributed by atoms with E-state index >= 15 is 0 Å². The highest BCUT2D eigenvalue weighted by molar-refractivity contribution is 7.99. The molecule has 148 valence electrons. The minimum atomic E-state index is -0.302. The van der Waals surface area contributed by atoms with Crippen molar-refractivity contribution in [2.75, 3.05) is 12.4 Å². The van der Waals surface area contributed by atoms with Crippen molar-refractivity contribution in [3.8, 4) is 0 Å². The first-order valence-electron chi connectivity index (χ1n) is 8.64. The Morgan fingerprint density at radius 3 is 2.52 bits per heavy atom. The molecule has 0 bridgehead atoms. The quantitative estimate of drug-likeness (QED) is 0.298. The van der Waals surface area contributed by atoms with Crippen LogP contribution in [0, 0.1) is 0 Å². The molecule has 0 spiro atoms. The first-order valence-corrected chi connectivity index (χ1v) is 10.4. The number of thioether (sulfide) groups is 1. The number of aromatic nitrogens is 3. The van der Waals surface area contributed by atoms with Crippen molar-refractivity contribution < 1.29 is 9.90 Å². The Bertz CT molecular complexity index is 1010. The molecule has 2 heterocycles. The number of H-pyrrole nitrogens is 1. The van der Waals surface area contributed by atoms with E-state index in [1.54, 1.807) is 43.0 Å². The molecule has 3 aromatic rings. The van der Waals surface area contributed by atoms with Crippen LogP contribution in [0.15, 0.2) is 77.2 Å². The number of aliphatic hydroxyl groups is 1. The van der Waals surface area contributed by atoms with Crippen LogP contribution in [0.25, 0.3) is 0 Å². The molecule has 0 saturated heterocycles. The summed E-state index contributed by atoms with van der Waals surface area (Å²) in [6.07, 6.45) is 8.58. The van der Waals surface area contributed by atoms with Gasteiger partial charge in [0.1, 0.15) is 11.8 Å². The highest BCUT2D eigenvalue weighted by Gasteiger charge is 2.17. The second-order valence-electron chi connectivity index (χ2n) is 6.06. The highest BCUT2D eigenvalue weighted by Crippen LogP contribution is 2.30. The lowest BCUT2D eigenvalue weighted by Gasteiger charge is -2.14. The molecule has 2 aromatic heterocycles. The molecule has 0 aliphatic carbocycles. The molecule has 5 nitrogen and oxygen atoms in total. The fraction of sp³-hybridized carbons (Fsp3) is 0.143. The summed E-state index contributed by atoms with van der Waals surface area (Å²) in [6, 6.07) is 8.92. The van der Waals surface area contributed by atoms with Gasteiger partial charge in [0.2, 0.25) is 0 Å². The number of aromatic amines is 1. The van der Waals surface area contributed by atoms with E-state index in [0.29, 0.717) is 32.8 Å². The number of benzene rings is 1. The van der Waals surface area contributed by atoms with Crippen molar-refractivity contribution in [3.05, 3.63) is 93.8 Å². The van der Waals surface area contributed by atoms with Crippen molar-refractivity contribution in [2.24, 2.45) is 0 Å². The molecule has 1 unspecified atom stereocenters. The van der Waals surface area contributed by atoms with Crippen LogP contribution in [-0.2, 0) is 4.79 Å². The molecular weight excluding hydrogens is 429 g/mol. The van der Waals surface area contributed by atoms with Crippen molar-refractivity contribution in [1.29, 1.82) is 0 Å². The van der Waals surface area contributed by atoms with Crippen molar-refractivity contribution in [1.82, 2.24) is 15.0 Å². The summed E-state index contributed by atoms with van der Waals surface area (Å²) >= 11 is 13.5. The maximum Gasteiger partial charge on any atom is 0.129 e. The van der Waals surface area contributed by atoms with E-state index in [1.807, 2.05) is 24.2 Å². The maximum atomic E-state index is 11.7. The molecule has 29 heavy (non-hydrogen) atoms. The number of carbonyl (C=O) groups excluding carboxylic acids is 1. The van der Waals surface area contributed by atoms with E-state index in [2.05, 4.69) is 15.0 Å². The van der Waals surface area contributed by atoms with Gasteiger partial charge in [0, 0.05) is 45.5 Å². The maximum absolute atomic E-state index is 11.7. The van der Waals surface area contributed by atoms with E-state index in [4.69, 9.17) is 23.2 Å². The smallest absolute Gasteiger partial charge is 0.129 e. The predicted molar refractivity (Wildman–Crippen MR) is 116 cm³/mol. The van der Waals surface area contributed by atoms with Gasteiger partial charge in [-0.25, -0.2) is 9.78 Å². The molecule has 0 amide bonds. The molecule has 0 aliphatic rings. The average Bonchev–Trinajstić information content (AvgIpc) is 3.25. The standard InChI is InChI=1S/C21H17Cl2N3O2S/c22-17-8-18(23)10-19(9-17)29-13-16(12-28)15(11-27)7-20(21-25-5-6-26-21)14-1-3-24-4-2-14/h1-10,20,27H,11,13H2,(H,25,26)/b15-7+. The summed E-state index contributed by atoms with van der Waals surface area (Å²) < 4.78 is 0. The molecule has 3 rings (SSSR count). The van der Waals surface area contributed by atoms with Crippen LogP contribution in [0.3, 0.4) is 0 Å². The van der Waals surface area contributed by atoms with Gasteiger partial charge in [-0.05, 0) is 41.5 Å². The molecule has 0 fully saturated rings. The molecule has 2 N–H and O–H groups in total. The number of nitrogens with zero attached hydrogens (tertiary/aromatic N) is 2. The van der Waals surface area contributed by atoms with Crippen LogP contribution in [0.4, 0.5) is 0 Å². The van der Waals surface area contributed by atoms with Gasteiger partial charge in [-0.15, -0.1) is 11.8 Å². The Morgan fingerprint density at radius 2 is 1.93 bits per heavy atom. The summed E-state index contributed by atoms with van der Waals surface area (Å²) in [5, 5.41) is 11.0. The van der Waals surface area contributed by atoms with Crippen LogP contribution < -0.4 is 0 Å². The fourth-order valence-electron chi connectivity index (χ4n) is 2.76. The summed E-state index contributed by atoms with van der Waals surface area (Å²) in [7, 11) is 0. The van der Waals surface area contributed by atoms with E-state index in [1.165, 1.54) is 11.8 Å². The fourth-order valence-corrected chi connectivity index (χ4v) is 4.39. The van der Waals surface area contributed by atoms with Crippen LogP contribution >= 0.6 is 35.0 Å². The summed E-state index contributed by atoms with van der Waals surface area (Å²) in [4.78, 5) is 23.9. The largest absolute Gasteiger partial charge is 0.392 e. The minimum absolute atomic E-state index is 0.274. The molecule has 1 atom stereocenters. The molecule has 0 saturated carbocycles. The van der Waals surface area contributed by atoms with Gasteiger partial charge < -0.3 is 10.1 Å². The van der Waals surface area contributed by atoms with Crippen LogP contribution in [0.2, 0.25) is 10.0 Å². The lowest BCUT2D eigenvalue weighted by molar-refractivity contribution is 0.333. The first-order chi connectivity index (χ1) is 14.1. The van der Waals surface area contributed by atoms with Crippen LogP contribution in [0.1, 0.15) is 17.3 Å². The number of hydrogen-bond donors (Lipinski definition) is 2. The highest BCUT2D eigenvalue weighted by atomic mass is 35.5. The third kappa shape index (κ3) is 5.82. The van der Waals surface area contributed by atoms with E-state index in [0.717, 1.165) is 10.5 Å². The van der Waals surface area contributed by atoms with Gasteiger partial charge in [0.05, 0.1) is 18.1 Å². The number of nitrogens with one attached hydrogen (secondary N) is 1. The van der Waals surface area contributed by atoms with Crippen LogP contribution in [0.5, 0.6) is 0 Å². The summed E-state index contributed by atoms with van der Waals surface area (Å²) in [6.45, 7) is -0.302. The molecule has 8 heteroatoms. The zero-order valence-electron chi connectivity index (χ0n) is 15.2. The third-order valence-electron chi connectivity index (χ3n) is 4.15. The number of halogens is 2. The average molecular weight is 446 g/mol. The lowest BCUT2D eigenvalue weighted by Crippen LogP contribution is -2.06. The summed E-state index contributed by atoms with van der Waals surface area (Å²) in [5.74, 6) is 2.70. The van der Waals surface area contributed by atoms with Crippen molar-refractivity contribution in [3.63, 3.8) is 0 Å². The second kappa shape index (κ2) is 10.4. The third-order valence-corrected chi connectivity index (χ3v) is 5.59. The van der Waals surface area contributed by atoms with Crippen molar-refractivity contribution in [2.45, 2.75) is 10.8 Å². The zero-order valence-corrected chi connectivity index (χ0v) is 17.5. The number of hydrogen-bond acceptors (Lipinski definition) is 5. The topological polar surface area (TPSA) is 78.9 Å². The van der Waals surface area contributed by atoms with E-state index < -0.39 is 0 Å². The summed E-state index contributed by atoms with van der Waals surface area (Å²) in [5.41, 5.74) is 1.78. The lowest BCUT2D eigenvalue weighted by atomic mass is 9.95. The molecule has 1 aromatic carbocycles. The number of aliphatic hydroxyl groups excluding tert-OH is 1. The SMILES string of the molecule is O=C=C(CSc1cc(Cl)cc(Cl)c1)/C(=C/C(c1ccncc1)c1ncc[nH]1)CO. The first kappa shape index (κ1) is 21.4. The zero-order chi connectivity index (χ0) is 20.6. The predicted octanol–water partition coefficient (Wildman–Crippen LogP) is 4.71. The normalized spacial score (nSPS) is 12.4. The molecule has 0 radical (unpaired) electrons. The molecule has 0 aliphatic heterocycles. The van der Waals surface area contributed by atoms with Gasteiger partial charge in [-0.3, -0.25) is 4.98 Å². The Morgan fingerprint density at radius 1 is 1.21 bits per heavy atom. The monoisotopic (exact) mass is 445 g/mol. The van der Waals surface area contributed by atoms with Crippen LogP contribution in [-0.4, -0.2) is 38.4 Å². The second-order valence-corrected chi connectivity index (χ2v) is 7.98.